The third-order valence-electron chi connectivity index (χ3n) is 4.74. The lowest BCUT2D eigenvalue weighted by atomic mass is 10.2. The van der Waals surface area contributed by atoms with E-state index in [2.05, 4.69) is 10.1 Å². The molecule has 8 nitrogen and oxygen atoms in total. The Morgan fingerprint density at radius 2 is 2.27 bits per heavy atom. The SMILES string of the molecule is CO[C@@H]1C[C@@H](Cn2ccc(N)n2)N(C(=O)c2ncc3c(F)cccn23)C1. The van der Waals surface area contributed by atoms with Crippen molar-refractivity contribution in [3.8, 4) is 0 Å². The van der Waals surface area contributed by atoms with Crippen LogP contribution in [0, 0.1) is 5.82 Å². The van der Waals surface area contributed by atoms with Gasteiger partial charge in [-0.25, -0.2) is 9.37 Å². The summed E-state index contributed by atoms with van der Waals surface area (Å²) in [4.78, 5) is 19.0. The number of pyridine rings is 1. The maximum atomic E-state index is 13.9. The predicted octanol–water partition coefficient (Wildman–Crippen LogP) is 1.18. The van der Waals surface area contributed by atoms with Gasteiger partial charge in [-0.05, 0) is 24.6 Å². The van der Waals surface area contributed by atoms with Gasteiger partial charge in [0.25, 0.3) is 5.91 Å². The lowest BCUT2D eigenvalue weighted by molar-refractivity contribution is 0.0666. The molecule has 0 bridgehead atoms. The maximum absolute atomic E-state index is 13.9. The fraction of sp³-hybridized carbons (Fsp3) is 0.353. The number of carbonyl (C=O) groups is 1. The molecular weight excluding hydrogens is 339 g/mol. The molecule has 2 atom stereocenters. The molecule has 3 aromatic rings. The molecule has 1 saturated heterocycles. The Hall–Kier alpha value is -2.94. The van der Waals surface area contributed by atoms with Gasteiger partial charge in [0.15, 0.2) is 0 Å². The van der Waals surface area contributed by atoms with Crippen LogP contribution in [0.5, 0.6) is 0 Å². The first-order chi connectivity index (χ1) is 12.6. The number of amides is 1. The summed E-state index contributed by atoms with van der Waals surface area (Å²) in [5.74, 6) is -0.0702. The van der Waals surface area contributed by atoms with Gasteiger partial charge in [-0.15, -0.1) is 0 Å². The molecule has 0 unspecified atom stereocenters. The lowest BCUT2D eigenvalue weighted by Crippen LogP contribution is -2.39. The first-order valence-corrected chi connectivity index (χ1v) is 8.31. The van der Waals surface area contributed by atoms with Crippen LogP contribution in [0.25, 0.3) is 5.52 Å². The van der Waals surface area contributed by atoms with Gasteiger partial charge in [0.1, 0.15) is 17.2 Å². The highest BCUT2D eigenvalue weighted by molar-refractivity contribution is 5.92. The average molecular weight is 358 g/mol. The number of hydrogen-bond acceptors (Lipinski definition) is 5. The van der Waals surface area contributed by atoms with Gasteiger partial charge < -0.3 is 15.4 Å². The van der Waals surface area contributed by atoms with Crippen LogP contribution in [0.4, 0.5) is 10.2 Å². The molecule has 0 radical (unpaired) electrons. The minimum atomic E-state index is -0.418. The predicted molar refractivity (Wildman–Crippen MR) is 92.0 cm³/mol. The summed E-state index contributed by atoms with van der Waals surface area (Å²) in [7, 11) is 1.63. The van der Waals surface area contributed by atoms with E-state index in [1.807, 2.05) is 0 Å². The van der Waals surface area contributed by atoms with E-state index in [9.17, 15) is 9.18 Å². The molecule has 1 aliphatic heterocycles. The Morgan fingerprint density at radius 3 is 3.00 bits per heavy atom. The van der Waals surface area contributed by atoms with Crippen molar-refractivity contribution >= 4 is 17.2 Å². The van der Waals surface area contributed by atoms with Crippen molar-refractivity contribution in [1.82, 2.24) is 24.1 Å². The highest BCUT2D eigenvalue weighted by Crippen LogP contribution is 2.24. The molecule has 2 N–H and O–H groups in total. The number of hydrogen-bond donors (Lipinski definition) is 1. The van der Waals surface area contributed by atoms with Gasteiger partial charge in [-0.3, -0.25) is 13.9 Å². The lowest BCUT2D eigenvalue weighted by Gasteiger charge is -2.23. The number of carbonyl (C=O) groups excluding carboxylic acids is 1. The molecule has 4 heterocycles. The van der Waals surface area contributed by atoms with Crippen LogP contribution in [0.1, 0.15) is 17.0 Å². The van der Waals surface area contributed by atoms with E-state index in [0.29, 0.717) is 25.3 Å². The van der Waals surface area contributed by atoms with Gasteiger partial charge >= 0.3 is 0 Å². The number of rotatable bonds is 4. The number of fused-ring (bicyclic) bond motifs is 1. The molecule has 0 saturated carbocycles. The smallest absolute Gasteiger partial charge is 0.290 e. The van der Waals surface area contributed by atoms with Gasteiger partial charge in [0, 0.05) is 26.0 Å². The molecule has 1 amide bonds. The molecule has 9 heteroatoms. The third kappa shape index (κ3) is 2.80. The monoisotopic (exact) mass is 358 g/mol. The van der Waals surface area contributed by atoms with E-state index in [0.717, 1.165) is 0 Å². The van der Waals surface area contributed by atoms with Crippen LogP contribution in [-0.4, -0.2) is 55.8 Å². The van der Waals surface area contributed by atoms with Crippen LogP contribution in [0.2, 0.25) is 0 Å². The van der Waals surface area contributed by atoms with Crippen molar-refractivity contribution in [1.29, 1.82) is 0 Å². The summed E-state index contributed by atoms with van der Waals surface area (Å²) in [5.41, 5.74) is 5.94. The van der Waals surface area contributed by atoms with E-state index < -0.39 is 5.82 Å². The molecule has 3 aromatic heterocycles. The van der Waals surface area contributed by atoms with Crippen molar-refractivity contribution in [2.75, 3.05) is 19.4 Å². The van der Waals surface area contributed by atoms with Crippen molar-refractivity contribution in [3.63, 3.8) is 0 Å². The van der Waals surface area contributed by atoms with Gasteiger partial charge in [0.2, 0.25) is 5.82 Å². The first-order valence-electron chi connectivity index (χ1n) is 8.31. The van der Waals surface area contributed by atoms with Crippen LogP contribution in [0.15, 0.2) is 36.8 Å². The molecular formula is C17H19FN6O2. The molecule has 0 spiro atoms. The maximum Gasteiger partial charge on any atom is 0.290 e. The average Bonchev–Trinajstić information content (AvgIpc) is 3.33. The number of anilines is 1. The van der Waals surface area contributed by atoms with Gasteiger partial charge in [-0.2, -0.15) is 5.10 Å². The number of ether oxygens (including phenoxy) is 1. The number of imidazole rings is 1. The van der Waals surface area contributed by atoms with E-state index in [1.54, 1.807) is 41.2 Å². The summed E-state index contributed by atoms with van der Waals surface area (Å²) >= 11 is 0. The molecule has 0 aliphatic carbocycles. The largest absolute Gasteiger partial charge is 0.382 e. The van der Waals surface area contributed by atoms with Crippen LogP contribution < -0.4 is 5.73 Å². The Balaban J connectivity index is 1.64. The van der Waals surface area contributed by atoms with Crippen LogP contribution in [0.3, 0.4) is 0 Å². The first kappa shape index (κ1) is 16.5. The van der Waals surface area contributed by atoms with Crippen LogP contribution >= 0.6 is 0 Å². The molecule has 1 fully saturated rings. The summed E-state index contributed by atoms with van der Waals surface area (Å²) in [5, 5.41) is 4.19. The summed E-state index contributed by atoms with van der Waals surface area (Å²) in [6, 6.07) is 4.48. The number of halogens is 1. The Bertz CT molecular complexity index is 952. The summed E-state index contributed by atoms with van der Waals surface area (Å²) in [6.07, 6.45) is 5.39. The number of methoxy groups -OCH3 is 1. The Kier molecular flexibility index (Phi) is 4.08. The number of likely N-dealkylation sites (tertiary alicyclic amines) is 1. The second-order valence-electron chi connectivity index (χ2n) is 6.36. The quantitative estimate of drug-likeness (QED) is 0.756. The van der Waals surface area contributed by atoms with Gasteiger partial charge in [0.05, 0.1) is 24.9 Å². The highest BCUT2D eigenvalue weighted by Gasteiger charge is 2.37. The van der Waals surface area contributed by atoms with Gasteiger partial charge in [-0.1, -0.05) is 0 Å². The fourth-order valence-electron chi connectivity index (χ4n) is 3.44. The second-order valence-corrected chi connectivity index (χ2v) is 6.36. The fourth-order valence-corrected chi connectivity index (χ4v) is 3.44. The molecule has 4 rings (SSSR count). The zero-order chi connectivity index (χ0) is 18.3. The number of nitrogens with two attached hydrogens (primary N) is 1. The topological polar surface area (TPSA) is 90.7 Å². The van der Waals surface area contributed by atoms with Crippen molar-refractivity contribution in [3.05, 3.63) is 48.4 Å². The second kappa shape index (κ2) is 6.41. The molecule has 136 valence electrons. The third-order valence-corrected chi connectivity index (χ3v) is 4.74. The standard InChI is InChI=1S/C17H19FN6O2/c1-26-12-7-11(9-22-6-4-15(19)21-22)24(10-12)17(25)16-20-8-14-13(18)3-2-5-23(14)16/h2-6,8,11-12H,7,9-10H2,1H3,(H2,19,21)/t11-,12+/m0/s1. The molecule has 0 aromatic carbocycles. The molecule has 26 heavy (non-hydrogen) atoms. The van der Waals surface area contributed by atoms with E-state index >= 15 is 0 Å². The zero-order valence-electron chi connectivity index (χ0n) is 14.2. The van der Waals surface area contributed by atoms with E-state index in [4.69, 9.17) is 10.5 Å². The Morgan fingerprint density at radius 1 is 1.42 bits per heavy atom. The minimum absolute atomic E-state index is 0.0696. The zero-order valence-corrected chi connectivity index (χ0v) is 14.2. The normalized spacial score (nSPS) is 20.2. The molecule has 1 aliphatic rings. The van der Waals surface area contributed by atoms with Crippen molar-refractivity contribution in [2.45, 2.75) is 25.1 Å². The number of nitrogens with zero attached hydrogens (tertiary/aromatic N) is 5. The summed E-state index contributed by atoms with van der Waals surface area (Å²) < 4.78 is 22.5. The minimum Gasteiger partial charge on any atom is -0.382 e. The summed E-state index contributed by atoms with van der Waals surface area (Å²) in [6.45, 7) is 0.946. The number of nitrogen functional groups attached to an aromatic ring is 1. The number of aromatic nitrogens is 4. The Labute approximate surface area is 149 Å². The highest BCUT2D eigenvalue weighted by atomic mass is 19.1. The van der Waals surface area contributed by atoms with E-state index in [-0.39, 0.29) is 29.4 Å². The van der Waals surface area contributed by atoms with Crippen molar-refractivity contribution in [2.24, 2.45) is 0 Å². The van der Waals surface area contributed by atoms with Crippen LogP contribution in [-0.2, 0) is 11.3 Å². The van der Waals surface area contributed by atoms with Crippen molar-refractivity contribution < 1.29 is 13.9 Å². The van der Waals surface area contributed by atoms with E-state index in [1.165, 1.54) is 16.7 Å².